The molecule has 0 unspecified atom stereocenters. The molecule has 1 heterocycles. The Balaban J connectivity index is 2.32. The lowest BCUT2D eigenvalue weighted by Crippen LogP contribution is -2.03. The highest BCUT2D eigenvalue weighted by Crippen LogP contribution is 2.32. The zero-order valence-corrected chi connectivity index (χ0v) is 11.1. The maximum atomic E-state index is 11.7. The number of ether oxygens (including phenoxy) is 1. The molecule has 5 heteroatoms. The van der Waals surface area contributed by atoms with E-state index in [-0.39, 0.29) is 22.8 Å². The summed E-state index contributed by atoms with van der Waals surface area (Å²) in [5.74, 6) is -0.597. The molecule has 2 rings (SSSR count). The maximum absolute atomic E-state index is 11.7. The number of aromatic hydroxyl groups is 2. The predicted molar refractivity (Wildman–Crippen MR) is 75.1 cm³/mol. The number of rotatable bonds is 5. The first kappa shape index (κ1) is 14.0. The summed E-state index contributed by atoms with van der Waals surface area (Å²) in [6.07, 6.45) is 6.08. The summed E-state index contributed by atoms with van der Waals surface area (Å²) < 4.78 is 10.2. The Bertz CT molecular complexity index is 684. The van der Waals surface area contributed by atoms with Gasteiger partial charge in [-0.05, 0) is 31.1 Å². The molecule has 5 nitrogen and oxygen atoms in total. The number of hydrogen-bond acceptors (Lipinski definition) is 5. The molecule has 0 atom stereocenters. The van der Waals surface area contributed by atoms with E-state index < -0.39 is 5.63 Å². The van der Waals surface area contributed by atoms with Crippen LogP contribution in [0.1, 0.15) is 26.2 Å². The van der Waals surface area contributed by atoms with E-state index in [1.807, 2.05) is 0 Å². The van der Waals surface area contributed by atoms with Crippen molar-refractivity contribution in [3.05, 3.63) is 41.0 Å². The average Bonchev–Trinajstić information content (AvgIpc) is 2.41. The summed E-state index contributed by atoms with van der Waals surface area (Å²) in [5.41, 5.74) is -0.685. The molecular weight excluding hydrogens is 260 g/mol. The Kier molecular flexibility index (Phi) is 4.30. The van der Waals surface area contributed by atoms with Gasteiger partial charge in [0.15, 0.2) is 5.75 Å². The standard InChI is InChI=1S/C15H16O5/c1-2-3-4-5-8-19-14-13(17)11-7-6-10(16)9-12(11)20-15(14)18/h5-9,16-17H,2-4H2,1H3. The highest BCUT2D eigenvalue weighted by Gasteiger charge is 2.15. The van der Waals surface area contributed by atoms with E-state index in [0.717, 1.165) is 19.3 Å². The third-order valence-corrected chi connectivity index (χ3v) is 2.83. The largest absolute Gasteiger partial charge is 0.508 e. The highest BCUT2D eigenvalue weighted by molar-refractivity contribution is 5.86. The van der Waals surface area contributed by atoms with E-state index in [1.54, 1.807) is 6.08 Å². The van der Waals surface area contributed by atoms with Crippen LogP contribution in [0.15, 0.2) is 39.7 Å². The quantitative estimate of drug-likeness (QED) is 0.497. The van der Waals surface area contributed by atoms with E-state index in [2.05, 4.69) is 6.92 Å². The number of hydrogen-bond donors (Lipinski definition) is 2. The van der Waals surface area contributed by atoms with Crippen molar-refractivity contribution in [2.45, 2.75) is 26.2 Å². The molecule has 0 bridgehead atoms. The van der Waals surface area contributed by atoms with E-state index in [1.165, 1.54) is 24.5 Å². The molecule has 0 aliphatic carbocycles. The predicted octanol–water partition coefficient (Wildman–Crippen LogP) is 3.29. The van der Waals surface area contributed by atoms with E-state index >= 15 is 0 Å². The molecule has 0 radical (unpaired) electrons. The molecule has 1 aromatic heterocycles. The second-order valence-corrected chi connectivity index (χ2v) is 4.38. The van der Waals surface area contributed by atoms with Gasteiger partial charge in [0.1, 0.15) is 11.3 Å². The van der Waals surface area contributed by atoms with Crippen molar-refractivity contribution in [3.8, 4) is 17.2 Å². The molecule has 2 aromatic rings. The SMILES string of the molecule is CCCCC=COc1c(O)c2ccc(O)cc2oc1=O. The van der Waals surface area contributed by atoms with Crippen LogP contribution in [0.2, 0.25) is 0 Å². The number of benzene rings is 1. The zero-order valence-electron chi connectivity index (χ0n) is 11.1. The summed E-state index contributed by atoms with van der Waals surface area (Å²) in [7, 11) is 0. The van der Waals surface area contributed by atoms with Crippen LogP contribution in [0.5, 0.6) is 17.2 Å². The molecule has 0 saturated carbocycles. The molecule has 0 fully saturated rings. The maximum Gasteiger partial charge on any atom is 0.383 e. The minimum atomic E-state index is -0.791. The van der Waals surface area contributed by atoms with Gasteiger partial charge in [-0.25, -0.2) is 4.79 Å². The van der Waals surface area contributed by atoms with Gasteiger partial charge in [-0.1, -0.05) is 13.3 Å². The Morgan fingerprint density at radius 2 is 2.15 bits per heavy atom. The molecule has 0 saturated heterocycles. The molecule has 0 aliphatic heterocycles. The van der Waals surface area contributed by atoms with E-state index in [9.17, 15) is 15.0 Å². The van der Waals surface area contributed by atoms with Crippen LogP contribution < -0.4 is 10.4 Å². The number of phenols is 1. The molecule has 106 valence electrons. The number of allylic oxidation sites excluding steroid dienone is 1. The van der Waals surface area contributed by atoms with Crippen LogP contribution in [0.3, 0.4) is 0 Å². The van der Waals surface area contributed by atoms with Gasteiger partial charge >= 0.3 is 5.63 Å². The normalized spacial score (nSPS) is 11.2. The van der Waals surface area contributed by atoms with Gasteiger partial charge in [0.25, 0.3) is 5.75 Å². The highest BCUT2D eigenvalue weighted by atomic mass is 16.5. The summed E-state index contributed by atoms with van der Waals surface area (Å²) in [6.45, 7) is 2.08. The zero-order chi connectivity index (χ0) is 14.5. The fraction of sp³-hybridized carbons (Fsp3) is 0.267. The fourth-order valence-corrected chi connectivity index (χ4v) is 1.77. The van der Waals surface area contributed by atoms with Crippen LogP contribution in [0.25, 0.3) is 11.0 Å². The third kappa shape index (κ3) is 2.93. The van der Waals surface area contributed by atoms with Gasteiger partial charge in [0, 0.05) is 6.07 Å². The lowest BCUT2D eigenvalue weighted by molar-refractivity contribution is 0.384. The van der Waals surface area contributed by atoms with Crippen molar-refractivity contribution >= 4 is 11.0 Å². The van der Waals surface area contributed by atoms with E-state index in [4.69, 9.17) is 9.15 Å². The van der Waals surface area contributed by atoms with Crippen LogP contribution in [-0.2, 0) is 0 Å². The van der Waals surface area contributed by atoms with E-state index in [0.29, 0.717) is 5.39 Å². The van der Waals surface area contributed by atoms with Crippen LogP contribution in [0.4, 0.5) is 0 Å². The Morgan fingerprint density at radius 1 is 1.35 bits per heavy atom. The molecule has 0 aliphatic rings. The van der Waals surface area contributed by atoms with Crippen molar-refractivity contribution in [2.75, 3.05) is 0 Å². The molecule has 2 N–H and O–H groups in total. The topological polar surface area (TPSA) is 79.9 Å². The second kappa shape index (κ2) is 6.14. The van der Waals surface area contributed by atoms with Crippen LogP contribution in [-0.4, -0.2) is 10.2 Å². The molecule has 20 heavy (non-hydrogen) atoms. The molecule has 0 spiro atoms. The number of phenolic OH excluding ortho intramolecular Hbond substituents is 1. The number of unbranched alkanes of at least 4 members (excludes halogenated alkanes) is 2. The summed E-state index contributed by atoms with van der Waals surface area (Å²) in [4.78, 5) is 11.7. The van der Waals surface area contributed by atoms with Crippen molar-refractivity contribution in [1.29, 1.82) is 0 Å². The number of fused-ring (bicyclic) bond motifs is 1. The summed E-state index contributed by atoms with van der Waals surface area (Å²) in [5, 5.41) is 19.6. The van der Waals surface area contributed by atoms with Crippen LogP contribution in [0, 0.1) is 0 Å². The first-order valence-corrected chi connectivity index (χ1v) is 6.44. The second-order valence-electron chi connectivity index (χ2n) is 4.38. The molecule has 0 amide bonds. The average molecular weight is 276 g/mol. The fourth-order valence-electron chi connectivity index (χ4n) is 1.77. The Hall–Kier alpha value is -2.43. The minimum absolute atomic E-state index is 0.0480. The third-order valence-electron chi connectivity index (χ3n) is 2.83. The first-order chi connectivity index (χ1) is 9.63. The summed E-state index contributed by atoms with van der Waals surface area (Å²) >= 11 is 0. The minimum Gasteiger partial charge on any atom is -0.508 e. The molecule has 1 aromatic carbocycles. The van der Waals surface area contributed by atoms with Crippen molar-refractivity contribution in [2.24, 2.45) is 0 Å². The first-order valence-electron chi connectivity index (χ1n) is 6.44. The Labute approximate surface area is 115 Å². The van der Waals surface area contributed by atoms with Crippen LogP contribution >= 0.6 is 0 Å². The van der Waals surface area contributed by atoms with Gasteiger partial charge in [-0.2, -0.15) is 0 Å². The van der Waals surface area contributed by atoms with Crippen molar-refractivity contribution in [3.63, 3.8) is 0 Å². The van der Waals surface area contributed by atoms with Gasteiger partial charge < -0.3 is 19.4 Å². The smallest absolute Gasteiger partial charge is 0.383 e. The lowest BCUT2D eigenvalue weighted by atomic mass is 10.2. The monoisotopic (exact) mass is 276 g/mol. The Morgan fingerprint density at radius 3 is 2.90 bits per heavy atom. The van der Waals surface area contributed by atoms with Gasteiger partial charge in [-0.15, -0.1) is 0 Å². The molecular formula is C15H16O5. The van der Waals surface area contributed by atoms with Crippen molar-refractivity contribution in [1.82, 2.24) is 0 Å². The van der Waals surface area contributed by atoms with Crippen molar-refractivity contribution < 1.29 is 19.4 Å². The van der Waals surface area contributed by atoms with Gasteiger partial charge in [-0.3, -0.25) is 0 Å². The lowest BCUT2D eigenvalue weighted by Gasteiger charge is -2.05. The summed E-state index contributed by atoms with van der Waals surface area (Å²) in [6, 6.07) is 4.11. The van der Waals surface area contributed by atoms with Gasteiger partial charge in [0.2, 0.25) is 0 Å². The van der Waals surface area contributed by atoms with Gasteiger partial charge in [0.05, 0.1) is 11.6 Å².